The molecule has 0 bridgehead atoms. The summed E-state index contributed by atoms with van der Waals surface area (Å²) >= 11 is 7.87. The summed E-state index contributed by atoms with van der Waals surface area (Å²) in [6.07, 6.45) is 6.24. The highest BCUT2D eigenvalue weighted by Crippen LogP contribution is 2.44. The first-order chi connectivity index (χ1) is 21.3. The molecule has 6 heterocycles. The average molecular weight is 642 g/mol. The number of hydrogen-bond acceptors (Lipinski definition) is 10. The lowest BCUT2D eigenvalue weighted by molar-refractivity contribution is -0.0726. The quantitative estimate of drug-likeness (QED) is 0.297. The second-order valence-corrected chi connectivity index (χ2v) is 14.0. The van der Waals surface area contributed by atoms with E-state index in [9.17, 15) is 4.39 Å². The fraction of sp³-hybridized carbons (Fsp3) is 0.516. The molecule has 0 radical (unpaired) electrons. The highest BCUT2D eigenvalue weighted by Gasteiger charge is 2.45. The number of ether oxygens (including phenoxy) is 2. The fourth-order valence-corrected chi connectivity index (χ4v) is 8.87. The normalized spacial score (nSPS) is 23.7. The number of morpholine rings is 1. The number of halogens is 3. The van der Waals surface area contributed by atoms with Crippen molar-refractivity contribution in [1.29, 1.82) is 0 Å². The first kappa shape index (κ1) is 28.6. The summed E-state index contributed by atoms with van der Waals surface area (Å²) < 4.78 is 44.4. The predicted molar refractivity (Wildman–Crippen MR) is 169 cm³/mol. The Hall–Kier alpha value is -2.90. The van der Waals surface area contributed by atoms with E-state index >= 15 is 4.39 Å². The van der Waals surface area contributed by atoms with Crippen molar-refractivity contribution in [2.75, 3.05) is 63.1 Å². The van der Waals surface area contributed by atoms with E-state index in [0.29, 0.717) is 36.5 Å². The van der Waals surface area contributed by atoms with Crippen LogP contribution in [0.3, 0.4) is 0 Å². The van der Waals surface area contributed by atoms with E-state index in [2.05, 4.69) is 25.1 Å². The average Bonchev–Trinajstić information content (AvgIpc) is 3.72. The molecule has 44 heavy (non-hydrogen) atoms. The number of nitrogen functional groups attached to an aromatic ring is 1. The van der Waals surface area contributed by atoms with Crippen molar-refractivity contribution >= 4 is 55.0 Å². The number of nitrogens with zero attached hydrogens (tertiary/aromatic N) is 5. The van der Waals surface area contributed by atoms with Crippen LogP contribution in [0.1, 0.15) is 38.5 Å². The van der Waals surface area contributed by atoms with Crippen LogP contribution in [-0.2, 0) is 4.74 Å². The summed E-state index contributed by atoms with van der Waals surface area (Å²) in [4.78, 5) is 18.6. The Bertz CT molecular complexity index is 1750. The number of piperidine rings is 1. The summed E-state index contributed by atoms with van der Waals surface area (Å²) in [6, 6.07) is 4.61. The second kappa shape index (κ2) is 10.9. The van der Waals surface area contributed by atoms with E-state index in [4.69, 9.17) is 31.8 Å². The van der Waals surface area contributed by atoms with E-state index in [1.165, 1.54) is 12.1 Å². The molecule has 1 atom stereocenters. The molecule has 4 aliphatic rings. The molecule has 1 spiro atoms. The van der Waals surface area contributed by atoms with Gasteiger partial charge >= 0.3 is 6.01 Å². The monoisotopic (exact) mass is 641 g/mol. The Morgan fingerprint density at radius 3 is 2.68 bits per heavy atom. The zero-order valence-corrected chi connectivity index (χ0v) is 25.9. The lowest BCUT2D eigenvalue weighted by Gasteiger charge is -2.45. The van der Waals surface area contributed by atoms with Gasteiger partial charge in [-0.25, -0.2) is 13.8 Å². The minimum absolute atomic E-state index is 0.0246. The molecule has 4 aromatic rings. The van der Waals surface area contributed by atoms with Gasteiger partial charge in [-0.2, -0.15) is 9.97 Å². The van der Waals surface area contributed by atoms with Crippen LogP contribution in [0.4, 0.5) is 19.7 Å². The highest BCUT2D eigenvalue weighted by molar-refractivity contribution is 7.22. The van der Waals surface area contributed by atoms with Crippen LogP contribution in [0.5, 0.6) is 6.01 Å². The molecule has 4 fully saturated rings. The van der Waals surface area contributed by atoms with Gasteiger partial charge in [0, 0.05) is 42.7 Å². The largest absolute Gasteiger partial charge is 0.461 e. The molecule has 232 valence electrons. The first-order valence-electron chi connectivity index (χ1n) is 15.4. The molecule has 3 N–H and O–H groups in total. The van der Waals surface area contributed by atoms with Crippen molar-refractivity contribution in [1.82, 2.24) is 25.2 Å². The Balaban J connectivity index is 1.26. The third kappa shape index (κ3) is 4.68. The minimum atomic E-state index is -0.635. The van der Waals surface area contributed by atoms with Gasteiger partial charge in [-0.15, -0.1) is 0 Å². The van der Waals surface area contributed by atoms with E-state index in [0.717, 1.165) is 82.6 Å². The molecule has 0 aliphatic carbocycles. The number of nitrogens with two attached hydrogens (primary N) is 1. The maximum atomic E-state index is 16.8. The van der Waals surface area contributed by atoms with Gasteiger partial charge in [0.15, 0.2) is 10.9 Å². The summed E-state index contributed by atoms with van der Waals surface area (Å²) in [5.74, 6) is -0.537. The fourth-order valence-electron chi connectivity index (χ4n) is 7.81. The number of anilines is 2. The number of benzene rings is 2. The van der Waals surface area contributed by atoms with Gasteiger partial charge in [-0.1, -0.05) is 22.9 Å². The second-order valence-electron chi connectivity index (χ2n) is 12.5. The number of rotatable bonds is 5. The van der Waals surface area contributed by atoms with E-state index in [1.54, 1.807) is 6.07 Å². The van der Waals surface area contributed by atoms with Crippen molar-refractivity contribution in [3.8, 4) is 17.1 Å². The van der Waals surface area contributed by atoms with Crippen molar-refractivity contribution in [2.24, 2.45) is 0 Å². The number of thiazole rings is 1. The lowest BCUT2D eigenvalue weighted by atomic mass is 9.91. The highest BCUT2D eigenvalue weighted by atomic mass is 35.5. The van der Waals surface area contributed by atoms with Gasteiger partial charge < -0.3 is 25.4 Å². The van der Waals surface area contributed by atoms with Crippen molar-refractivity contribution in [3.05, 3.63) is 34.9 Å². The summed E-state index contributed by atoms with van der Waals surface area (Å²) in [6.45, 7) is 6.12. The summed E-state index contributed by atoms with van der Waals surface area (Å²) in [5.41, 5.74) is 6.36. The van der Waals surface area contributed by atoms with E-state index in [-0.39, 0.29) is 48.6 Å². The van der Waals surface area contributed by atoms with Crippen LogP contribution in [-0.4, -0.2) is 83.5 Å². The molecular weight excluding hydrogens is 608 g/mol. The lowest BCUT2D eigenvalue weighted by Crippen LogP contribution is -2.59. The first-order valence-corrected chi connectivity index (χ1v) is 16.6. The van der Waals surface area contributed by atoms with Gasteiger partial charge in [0.05, 0.1) is 33.0 Å². The van der Waals surface area contributed by atoms with E-state index in [1.807, 2.05) is 0 Å². The van der Waals surface area contributed by atoms with Crippen LogP contribution >= 0.6 is 22.9 Å². The van der Waals surface area contributed by atoms with Crippen molar-refractivity contribution < 1.29 is 18.3 Å². The van der Waals surface area contributed by atoms with Crippen molar-refractivity contribution in [2.45, 2.75) is 49.7 Å². The van der Waals surface area contributed by atoms with Gasteiger partial charge in [0.1, 0.15) is 23.8 Å². The Morgan fingerprint density at radius 2 is 1.89 bits per heavy atom. The molecule has 13 heteroatoms. The number of fused-ring (bicyclic) bond motifs is 3. The molecular formula is C31H34ClF2N7O2S. The zero-order chi connectivity index (χ0) is 30.1. The van der Waals surface area contributed by atoms with Crippen LogP contribution < -0.4 is 20.7 Å². The molecule has 2 aromatic heterocycles. The number of hydrogen-bond donors (Lipinski definition) is 2. The number of aromatic nitrogens is 3. The molecule has 2 aromatic carbocycles. The van der Waals surface area contributed by atoms with Crippen LogP contribution in [0, 0.1) is 11.6 Å². The Morgan fingerprint density at radius 1 is 1.07 bits per heavy atom. The topological polar surface area (TPSA) is 102 Å². The van der Waals surface area contributed by atoms with Gasteiger partial charge in [-0.05, 0) is 69.8 Å². The summed E-state index contributed by atoms with van der Waals surface area (Å²) in [5, 5.41) is 4.30. The SMILES string of the molecule is Nc1nc2c(-c3c(Cl)cc4c(N5CCCC6(CNCCO6)C5)nc(OCC56CCCN5CCC6)nc4c3F)ccc(F)c2s1. The molecule has 9 nitrogen and oxygen atoms in total. The third-order valence-electron chi connectivity index (χ3n) is 9.88. The van der Waals surface area contributed by atoms with Gasteiger partial charge in [-0.3, -0.25) is 4.90 Å². The molecule has 4 saturated heterocycles. The number of nitrogens with one attached hydrogen (secondary N) is 1. The Kier molecular flexibility index (Phi) is 7.06. The minimum Gasteiger partial charge on any atom is -0.461 e. The smallest absolute Gasteiger partial charge is 0.319 e. The van der Waals surface area contributed by atoms with E-state index < -0.39 is 11.6 Å². The summed E-state index contributed by atoms with van der Waals surface area (Å²) in [7, 11) is 0. The molecule has 0 saturated carbocycles. The van der Waals surface area contributed by atoms with Gasteiger partial charge in [0.2, 0.25) is 0 Å². The Labute approximate surface area is 262 Å². The van der Waals surface area contributed by atoms with Crippen molar-refractivity contribution in [3.63, 3.8) is 0 Å². The molecule has 4 aliphatic heterocycles. The predicted octanol–water partition coefficient (Wildman–Crippen LogP) is 5.39. The van der Waals surface area contributed by atoms with Crippen LogP contribution in [0.2, 0.25) is 5.02 Å². The standard InChI is InChI=1S/C31H34ClF2N7O2S/c32-20-14-19-24(23(34)22(20)18-4-5-21(33)26-25(18)37-28(35)44-26)38-29(42-17-30-6-1-11-41(30)12-2-7-30)39-27(19)40-10-3-8-31(16-40)15-36-9-13-43-31/h4-5,14,36H,1-3,6-13,15-17H2,(H2,35,37). The third-order valence-corrected chi connectivity index (χ3v) is 11.1. The molecule has 8 rings (SSSR count). The van der Waals surface area contributed by atoms with Gasteiger partial charge in [0.25, 0.3) is 0 Å². The van der Waals surface area contributed by atoms with Crippen LogP contribution in [0.15, 0.2) is 18.2 Å². The molecule has 0 amide bonds. The van der Waals surface area contributed by atoms with Crippen LogP contribution in [0.25, 0.3) is 32.2 Å². The zero-order valence-electron chi connectivity index (χ0n) is 24.3. The maximum absolute atomic E-state index is 16.8. The molecule has 1 unspecified atom stereocenters. The maximum Gasteiger partial charge on any atom is 0.319 e.